The lowest BCUT2D eigenvalue weighted by Gasteiger charge is -2.24. The standard InChI is InChI=1S/C18H18ClNO2S/c19-16-8-6-15(7-9-16)18-20(10-11-23-18)17(21)13-22-12-14-4-2-1-3-5-14/h1-9,18H,10-13H2. The van der Waals surface area contributed by atoms with Crippen LogP contribution in [0.1, 0.15) is 16.5 Å². The number of thioether (sulfide) groups is 1. The Labute approximate surface area is 145 Å². The topological polar surface area (TPSA) is 29.5 Å². The summed E-state index contributed by atoms with van der Waals surface area (Å²) >= 11 is 7.71. The van der Waals surface area contributed by atoms with E-state index >= 15 is 0 Å². The zero-order valence-corrected chi connectivity index (χ0v) is 14.2. The van der Waals surface area contributed by atoms with Crippen LogP contribution in [0.25, 0.3) is 0 Å². The monoisotopic (exact) mass is 347 g/mol. The van der Waals surface area contributed by atoms with Crippen molar-refractivity contribution in [2.24, 2.45) is 0 Å². The number of hydrogen-bond acceptors (Lipinski definition) is 3. The number of hydrogen-bond donors (Lipinski definition) is 0. The number of ether oxygens (including phenoxy) is 1. The van der Waals surface area contributed by atoms with E-state index in [2.05, 4.69) is 0 Å². The summed E-state index contributed by atoms with van der Waals surface area (Å²) in [6, 6.07) is 17.6. The summed E-state index contributed by atoms with van der Waals surface area (Å²) in [6.07, 6.45) is 0. The highest BCUT2D eigenvalue weighted by atomic mass is 35.5. The maximum absolute atomic E-state index is 12.4. The molecule has 0 aromatic heterocycles. The van der Waals surface area contributed by atoms with Crippen LogP contribution in [0.3, 0.4) is 0 Å². The third-order valence-corrected chi connectivity index (χ3v) is 5.22. The third kappa shape index (κ3) is 4.28. The van der Waals surface area contributed by atoms with Gasteiger partial charge in [-0.05, 0) is 23.3 Å². The molecule has 1 fully saturated rings. The first-order chi connectivity index (χ1) is 11.2. The van der Waals surface area contributed by atoms with Gasteiger partial charge in [0.25, 0.3) is 0 Å². The van der Waals surface area contributed by atoms with Crippen molar-refractivity contribution in [2.75, 3.05) is 18.9 Å². The van der Waals surface area contributed by atoms with E-state index in [1.165, 1.54) is 0 Å². The molecule has 2 aromatic rings. The van der Waals surface area contributed by atoms with Crippen molar-refractivity contribution in [2.45, 2.75) is 12.0 Å². The molecule has 1 amide bonds. The SMILES string of the molecule is O=C(COCc1ccccc1)N1CCSC1c1ccc(Cl)cc1. The van der Waals surface area contributed by atoms with Gasteiger partial charge in [-0.15, -0.1) is 11.8 Å². The fourth-order valence-electron chi connectivity index (χ4n) is 2.54. The molecule has 2 aromatic carbocycles. The van der Waals surface area contributed by atoms with E-state index in [-0.39, 0.29) is 17.9 Å². The summed E-state index contributed by atoms with van der Waals surface area (Å²) in [4.78, 5) is 14.3. The van der Waals surface area contributed by atoms with Gasteiger partial charge in [0.05, 0.1) is 6.61 Å². The third-order valence-electron chi connectivity index (χ3n) is 3.70. The Morgan fingerprint density at radius 1 is 1.17 bits per heavy atom. The average molecular weight is 348 g/mol. The molecule has 0 bridgehead atoms. The van der Waals surface area contributed by atoms with Gasteiger partial charge in [0.15, 0.2) is 0 Å². The van der Waals surface area contributed by atoms with E-state index in [0.29, 0.717) is 11.6 Å². The first kappa shape index (κ1) is 16.4. The Bertz CT molecular complexity index is 648. The second-order valence-corrected chi connectivity index (χ2v) is 6.96. The van der Waals surface area contributed by atoms with Crippen LogP contribution < -0.4 is 0 Å². The van der Waals surface area contributed by atoms with Crippen LogP contribution in [0, 0.1) is 0 Å². The van der Waals surface area contributed by atoms with Crippen molar-refractivity contribution in [3.05, 3.63) is 70.7 Å². The van der Waals surface area contributed by atoms with Crippen LogP contribution in [0.5, 0.6) is 0 Å². The number of carbonyl (C=O) groups excluding carboxylic acids is 1. The fraction of sp³-hybridized carbons (Fsp3) is 0.278. The highest BCUT2D eigenvalue weighted by Gasteiger charge is 2.30. The van der Waals surface area contributed by atoms with Crippen LogP contribution in [-0.2, 0) is 16.1 Å². The second kappa shape index (κ2) is 7.86. The Kier molecular flexibility index (Phi) is 5.60. The Hall–Kier alpha value is -1.49. The van der Waals surface area contributed by atoms with E-state index in [0.717, 1.165) is 23.4 Å². The van der Waals surface area contributed by atoms with Crippen LogP contribution >= 0.6 is 23.4 Å². The van der Waals surface area contributed by atoms with Gasteiger partial charge in [-0.2, -0.15) is 0 Å². The summed E-state index contributed by atoms with van der Waals surface area (Å²) in [7, 11) is 0. The Morgan fingerprint density at radius 2 is 1.91 bits per heavy atom. The van der Waals surface area contributed by atoms with Crippen molar-refractivity contribution >= 4 is 29.3 Å². The molecular weight excluding hydrogens is 330 g/mol. The maximum Gasteiger partial charge on any atom is 0.249 e. The van der Waals surface area contributed by atoms with Crippen molar-refractivity contribution in [3.8, 4) is 0 Å². The van der Waals surface area contributed by atoms with Gasteiger partial charge in [0.1, 0.15) is 12.0 Å². The highest BCUT2D eigenvalue weighted by Crippen LogP contribution is 2.38. The van der Waals surface area contributed by atoms with E-state index < -0.39 is 0 Å². The molecule has 1 atom stereocenters. The number of amides is 1. The molecule has 3 nitrogen and oxygen atoms in total. The van der Waals surface area contributed by atoms with Gasteiger partial charge in [-0.25, -0.2) is 0 Å². The molecule has 1 heterocycles. The van der Waals surface area contributed by atoms with Crippen LogP contribution in [0.2, 0.25) is 5.02 Å². The van der Waals surface area contributed by atoms with Crippen molar-refractivity contribution < 1.29 is 9.53 Å². The zero-order chi connectivity index (χ0) is 16.1. The summed E-state index contributed by atoms with van der Waals surface area (Å²) in [5, 5.41) is 0.765. The molecule has 0 N–H and O–H groups in total. The molecule has 120 valence electrons. The summed E-state index contributed by atoms with van der Waals surface area (Å²) < 4.78 is 5.58. The second-order valence-electron chi connectivity index (χ2n) is 5.34. The number of nitrogens with zero attached hydrogens (tertiary/aromatic N) is 1. The molecule has 1 unspecified atom stereocenters. The van der Waals surface area contributed by atoms with Crippen LogP contribution in [0.4, 0.5) is 0 Å². The summed E-state index contributed by atoms with van der Waals surface area (Å²) in [5.74, 6) is 0.975. The number of carbonyl (C=O) groups is 1. The minimum atomic E-state index is 0.0332. The first-order valence-corrected chi connectivity index (χ1v) is 8.95. The Balaban J connectivity index is 1.56. The molecule has 5 heteroatoms. The fourth-order valence-corrected chi connectivity index (χ4v) is 3.95. The molecule has 0 radical (unpaired) electrons. The minimum Gasteiger partial charge on any atom is -0.367 e. The lowest BCUT2D eigenvalue weighted by Crippen LogP contribution is -2.33. The molecular formula is C18H18ClNO2S. The van der Waals surface area contributed by atoms with Crippen LogP contribution in [-0.4, -0.2) is 29.7 Å². The van der Waals surface area contributed by atoms with Gasteiger partial charge in [-0.3, -0.25) is 4.79 Å². The van der Waals surface area contributed by atoms with E-state index in [9.17, 15) is 4.79 Å². The number of rotatable bonds is 5. The van der Waals surface area contributed by atoms with E-state index in [1.807, 2.05) is 59.5 Å². The van der Waals surface area contributed by atoms with Crippen LogP contribution in [0.15, 0.2) is 54.6 Å². The largest absolute Gasteiger partial charge is 0.367 e. The molecule has 1 aliphatic rings. The van der Waals surface area contributed by atoms with Crippen molar-refractivity contribution in [1.29, 1.82) is 0 Å². The van der Waals surface area contributed by atoms with Gasteiger partial charge < -0.3 is 9.64 Å². The maximum atomic E-state index is 12.4. The summed E-state index contributed by atoms with van der Waals surface area (Å²) in [5.41, 5.74) is 2.18. The molecule has 0 aliphatic carbocycles. The average Bonchev–Trinajstić information content (AvgIpc) is 3.06. The van der Waals surface area contributed by atoms with Gasteiger partial charge in [0, 0.05) is 17.3 Å². The molecule has 1 aliphatic heterocycles. The minimum absolute atomic E-state index is 0.0332. The molecule has 0 spiro atoms. The smallest absolute Gasteiger partial charge is 0.249 e. The number of halogens is 1. The normalized spacial score (nSPS) is 17.4. The van der Waals surface area contributed by atoms with E-state index in [1.54, 1.807) is 11.8 Å². The van der Waals surface area contributed by atoms with Gasteiger partial charge >= 0.3 is 0 Å². The first-order valence-electron chi connectivity index (χ1n) is 7.52. The zero-order valence-electron chi connectivity index (χ0n) is 12.7. The number of benzene rings is 2. The lowest BCUT2D eigenvalue weighted by molar-refractivity contribution is -0.136. The predicted molar refractivity (Wildman–Crippen MR) is 94.5 cm³/mol. The molecule has 1 saturated heterocycles. The lowest BCUT2D eigenvalue weighted by atomic mass is 10.2. The quantitative estimate of drug-likeness (QED) is 0.814. The van der Waals surface area contributed by atoms with Crippen molar-refractivity contribution in [1.82, 2.24) is 4.90 Å². The molecule has 3 rings (SSSR count). The van der Waals surface area contributed by atoms with Gasteiger partial charge in [0.2, 0.25) is 5.91 Å². The highest BCUT2D eigenvalue weighted by molar-refractivity contribution is 7.99. The molecule has 0 saturated carbocycles. The molecule has 23 heavy (non-hydrogen) atoms. The predicted octanol–water partition coefficient (Wildman–Crippen LogP) is 4.13. The Morgan fingerprint density at radius 3 is 2.65 bits per heavy atom. The van der Waals surface area contributed by atoms with E-state index in [4.69, 9.17) is 16.3 Å². The van der Waals surface area contributed by atoms with Gasteiger partial charge in [-0.1, -0.05) is 54.1 Å². The summed E-state index contributed by atoms with van der Waals surface area (Å²) in [6.45, 7) is 1.32. The van der Waals surface area contributed by atoms with Crippen molar-refractivity contribution in [3.63, 3.8) is 0 Å².